The van der Waals surface area contributed by atoms with Crippen molar-refractivity contribution in [1.82, 2.24) is 10.2 Å². The van der Waals surface area contributed by atoms with Crippen molar-refractivity contribution in [3.05, 3.63) is 0 Å². The van der Waals surface area contributed by atoms with E-state index in [4.69, 9.17) is 0 Å². The molecule has 3 nitrogen and oxygen atoms in total. The third kappa shape index (κ3) is 3.87. The Morgan fingerprint density at radius 1 is 1.35 bits per heavy atom. The molecule has 6 heteroatoms. The highest BCUT2D eigenvalue weighted by molar-refractivity contribution is 5.80. The van der Waals surface area contributed by atoms with Gasteiger partial charge >= 0.3 is 6.18 Å². The molecule has 0 unspecified atom stereocenters. The summed E-state index contributed by atoms with van der Waals surface area (Å²) < 4.78 is 37.4. The average molecular weight is 252 g/mol. The molecular formula is C11H19F3N2O. The van der Waals surface area contributed by atoms with Gasteiger partial charge in [-0.15, -0.1) is 0 Å². The largest absolute Gasteiger partial charge is 0.406 e. The molecular weight excluding hydrogens is 233 g/mol. The van der Waals surface area contributed by atoms with E-state index < -0.39 is 12.7 Å². The molecule has 1 aliphatic rings. The van der Waals surface area contributed by atoms with Crippen LogP contribution in [-0.4, -0.2) is 42.7 Å². The zero-order valence-electron chi connectivity index (χ0n) is 10.2. The molecule has 17 heavy (non-hydrogen) atoms. The number of hydrogen-bond acceptors (Lipinski definition) is 2. The summed E-state index contributed by atoms with van der Waals surface area (Å²) in [7, 11) is 0. The Hall–Kier alpha value is -0.780. The minimum Gasteiger partial charge on any atom is -0.330 e. The number of alkyl halides is 3. The van der Waals surface area contributed by atoms with Gasteiger partial charge in [0.15, 0.2) is 0 Å². The van der Waals surface area contributed by atoms with E-state index in [0.29, 0.717) is 25.9 Å². The third-order valence-corrected chi connectivity index (χ3v) is 3.15. The Morgan fingerprint density at radius 3 is 2.18 bits per heavy atom. The molecule has 1 N–H and O–H groups in total. The molecule has 1 saturated heterocycles. The lowest BCUT2D eigenvalue weighted by atomic mass is 9.99. The molecule has 1 fully saturated rings. The Morgan fingerprint density at radius 2 is 1.88 bits per heavy atom. The Balaban J connectivity index is 2.73. The van der Waals surface area contributed by atoms with Crippen LogP contribution in [0.1, 0.15) is 26.7 Å². The second-order valence-electron chi connectivity index (χ2n) is 4.41. The van der Waals surface area contributed by atoms with Gasteiger partial charge in [0.25, 0.3) is 0 Å². The van der Waals surface area contributed by atoms with Crippen molar-refractivity contribution in [3.63, 3.8) is 0 Å². The van der Waals surface area contributed by atoms with E-state index in [-0.39, 0.29) is 17.9 Å². The maximum absolute atomic E-state index is 12.5. The third-order valence-electron chi connectivity index (χ3n) is 3.15. The van der Waals surface area contributed by atoms with Crippen LogP contribution in [0.25, 0.3) is 0 Å². The lowest BCUT2D eigenvalue weighted by Gasteiger charge is -2.37. The Bertz CT molecular complexity index is 260. The van der Waals surface area contributed by atoms with E-state index in [1.807, 2.05) is 13.8 Å². The molecule has 0 aliphatic carbocycles. The summed E-state index contributed by atoms with van der Waals surface area (Å²) in [6.45, 7) is 3.48. The molecule has 1 rings (SSSR count). The zero-order chi connectivity index (χ0) is 13.1. The zero-order valence-corrected chi connectivity index (χ0v) is 10.2. The number of rotatable bonds is 5. The van der Waals surface area contributed by atoms with Gasteiger partial charge in [-0.05, 0) is 12.8 Å². The SMILES string of the molecule is CCC(CC)N(CC(F)(F)F)C(=O)C1CNC1. The predicted octanol–water partition coefficient (Wildman–Crippen LogP) is 1.79. The topological polar surface area (TPSA) is 32.3 Å². The highest BCUT2D eigenvalue weighted by Crippen LogP contribution is 2.23. The van der Waals surface area contributed by atoms with Gasteiger partial charge < -0.3 is 10.2 Å². The van der Waals surface area contributed by atoms with Crippen LogP contribution < -0.4 is 5.32 Å². The van der Waals surface area contributed by atoms with Crippen molar-refractivity contribution >= 4 is 5.91 Å². The molecule has 1 heterocycles. The van der Waals surface area contributed by atoms with Crippen LogP contribution in [0, 0.1) is 5.92 Å². The van der Waals surface area contributed by atoms with Crippen molar-refractivity contribution in [3.8, 4) is 0 Å². The maximum Gasteiger partial charge on any atom is 0.406 e. The van der Waals surface area contributed by atoms with Gasteiger partial charge in [0, 0.05) is 19.1 Å². The van der Waals surface area contributed by atoms with E-state index in [9.17, 15) is 18.0 Å². The van der Waals surface area contributed by atoms with Gasteiger partial charge in [0.05, 0.1) is 5.92 Å². The van der Waals surface area contributed by atoms with Crippen LogP contribution in [0.15, 0.2) is 0 Å². The highest BCUT2D eigenvalue weighted by atomic mass is 19.4. The van der Waals surface area contributed by atoms with Gasteiger partial charge in [-0.2, -0.15) is 13.2 Å². The van der Waals surface area contributed by atoms with Crippen LogP contribution in [0.5, 0.6) is 0 Å². The normalized spacial score (nSPS) is 17.1. The summed E-state index contributed by atoms with van der Waals surface area (Å²) in [5.74, 6) is -0.646. The van der Waals surface area contributed by atoms with Crippen molar-refractivity contribution in [1.29, 1.82) is 0 Å². The molecule has 0 saturated carbocycles. The molecule has 0 aromatic carbocycles. The maximum atomic E-state index is 12.5. The van der Waals surface area contributed by atoms with Gasteiger partial charge in [-0.25, -0.2) is 0 Å². The van der Waals surface area contributed by atoms with E-state index in [2.05, 4.69) is 5.32 Å². The van der Waals surface area contributed by atoms with E-state index in [1.165, 1.54) is 0 Å². The van der Waals surface area contributed by atoms with Gasteiger partial charge in [0.1, 0.15) is 6.54 Å². The Labute approximate surface area is 99.4 Å². The van der Waals surface area contributed by atoms with Crippen molar-refractivity contribution in [2.24, 2.45) is 5.92 Å². The number of nitrogens with one attached hydrogen (secondary N) is 1. The molecule has 0 atom stereocenters. The van der Waals surface area contributed by atoms with Crippen molar-refractivity contribution in [2.45, 2.75) is 38.9 Å². The van der Waals surface area contributed by atoms with E-state index in [1.54, 1.807) is 0 Å². The minimum absolute atomic E-state index is 0.280. The fourth-order valence-electron chi connectivity index (χ4n) is 2.01. The van der Waals surface area contributed by atoms with Crippen LogP contribution >= 0.6 is 0 Å². The molecule has 0 bridgehead atoms. The first-order valence-electron chi connectivity index (χ1n) is 5.97. The first kappa shape index (κ1) is 14.3. The highest BCUT2D eigenvalue weighted by Gasteiger charge is 2.39. The number of carbonyl (C=O) groups is 1. The van der Waals surface area contributed by atoms with Gasteiger partial charge in [0.2, 0.25) is 5.91 Å². The van der Waals surface area contributed by atoms with Gasteiger partial charge in [-0.1, -0.05) is 13.8 Å². The molecule has 0 aromatic rings. The molecule has 0 aromatic heterocycles. The molecule has 100 valence electrons. The molecule has 0 radical (unpaired) electrons. The molecule has 0 spiro atoms. The summed E-state index contributed by atoms with van der Waals surface area (Å²) in [4.78, 5) is 13.0. The second kappa shape index (κ2) is 5.71. The fourth-order valence-corrected chi connectivity index (χ4v) is 2.01. The van der Waals surface area contributed by atoms with E-state index >= 15 is 0 Å². The minimum atomic E-state index is -4.32. The van der Waals surface area contributed by atoms with Crippen LogP contribution in [0.2, 0.25) is 0 Å². The number of hydrogen-bond donors (Lipinski definition) is 1. The van der Waals surface area contributed by atoms with Crippen LogP contribution in [-0.2, 0) is 4.79 Å². The lowest BCUT2D eigenvalue weighted by Crippen LogP contribution is -2.56. The van der Waals surface area contributed by atoms with E-state index in [0.717, 1.165) is 4.90 Å². The quantitative estimate of drug-likeness (QED) is 0.809. The van der Waals surface area contributed by atoms with Crippen molar-refractivity contribution < 1.29 is 18.0 Å². The standard InChI is InChI=1S/C11H19F3N2O/c1-3-9(4-2)16(7-11(12,13)14)10(17)8-5-15-6-8/h8-9,15H,3-7H2,1-2H3. The van der Waals surface area contributed by atoms with Crippen molar-refractivity contribution in [2.75, 3.05) is 19.6 Å². The number of carbonyl (C=O) groups excluding carboxylic acids is 1. The second-order valence-corrected chi connectivity index (χ2v) is 4.41. The average Bonchev–Trinajstić information content (AvgIpc) is 2.13. The Kier molecular flexibility index (Phi) is 4.80. The van der Waals surface area contributed by atoms with Crippen LogP contribution in [0.3, 0.4) is 0 Å². The molecule has 1 aliphatic heterocycles. The van der Waals surface area contributed by atoms with Gasteiger partial charge in [-0.3, -0.25) is 4.79 Å². The summed E-state index contributed by atoms with van der Waals surface area (Å²) in [6.07, 6.45) is -3.22. The monoisotopic (exact) mass is 252 g/mol. The van der Waals surface area contributed by atoms with Crippen LogP contribution in [0.4, 0.5) is 13.2 Å². The summed E-state index contributed by atoms with van der Waals surface area (Å²) in [5, 5.41) is 2.91. The summed E-state index contributed by atoms with van der Waals surface area (Å²) in [6, 6.07) is -0.315. The summed E-state index contributed by atoms with van der Waals surface area (Å²) in [5.41, 5.74) is 0. The molecule has 1 amide bonds. The first-order valence-corrected chi connectivity index (χ1v) is 5.97. The predicted molar refractivity (Wildman–Crippen MR) is 58.5 cm³/mol. The number of nitrogens with zero attached hydrogens (tertiary/aromatic N) is 1. The summed E-state index contributed by atoms with van der Waals surface area (Å²) >= 11 is 0. The fraction of sp³-hybridized carbons (Fsp3) is 0.909. The number of halogens is 3. The smallest absolute Gasteiger partial charge is 0.330 e. The number of amides is 1. The first-order chi connectivity index (χ1) is 7.89. The lowest BCUT2D eigenvalue weighted by molar-refractivity contribution is -0.169.